The summed E-state index contributed by atoms with van der Waals surface area (Å²) in [6, 6.07) is 8.71. The average molecular weight is 342 g/mol. The van der Waals surface area contributed by atoms with Gasteiger partial charge in [-0.2, -0.15) is 0 Å². The van der Waals surface area contributed by atoms with Gasteiger partial charge >= 0.3 is 6.03 Å². The molecule has 3 aliphatic rings. The van der Waals surface area contributed by atoms with E-state index in [9.17, 15) is 14.7 Å². The van der Waals surface area contributed by atoms with Crippen LogP contribution in [0.4, 0.5) is 4.79 Å². The van der Waals surface area contributed by atoms with Crippen LogP contribution in [0, 0.1) is 17.8 Å². The number of ketones is 1. The van der Waals surface area contributed by atoms with Gasteiger partial charge in [-0.3, -0.25) is 9.69 Å². The van der Waals surface area contributed by atoms with E-state index in [-0.39, 0.29) is 18.4 Å². The topological polar surface area (TPSA) is 60.9 Å². The number of hydrogen-bond donors (Lipinski definition) is 1. The van der Waals surface area contributed by atoms with E-state index in [0.717, 1.165) is 12.3 Å². The number of nitrogens with zero attached hydrogens (tertiary/aromatic N) is 2. The molecule has 3 fully saturated rings. The second-order valence-electron chi connectivity index (χ2n) is 8.14. The van der Waals surface area contributed by atoms with Crippen molar-refractivity contribution in [1.82, 2.24) is 9.80 Å². The molecular weight excluding hydrogens is 316 g/mol. The van der Waals surface area contributed by atoms with Gasteiger partial charge in [0.05, 0.1) is 12.1 Å². The Kier molecular flexibility index (Phi) is 3.87. The summed E-state index contributed by atoms with van der Waals surface area (Å²) in [5, 5.41) is 11.0. The number of Topliss-reactive ketones (excluding diaryl/α,β-unsaturated/α-hetero) is 1. The van der Waals surface area contributed by atoms with Gasteiger partial charge in [-0.25, -0.2) is 4.79 Å². The van der Waals surface area contributed by atoms with Crippen molar-refractivity contribution in [3.05, 3.63) is 35.9 Å². The highest BCUT2D eigenvalue weighted by Crippen LogP contribution is 2.55. The number of aliphatic hydroxyl groups is 1. The van der Waals surface area contributed by atoms with Gasteiger partial charge < -0.3 is 10.0 Å². The van der Waals surface area contributed by atoms with Crippen LogP contribution in [0.15, 0.2) is 30.3 Å². The Morgan fingerprint density at radius 2 is 1.96 bits per heavy atom. The molecule has 4 rings (SSSR count). The Balaban J connectivity index is 1.56. The van der Waals surface area contributed by atoms with Gasteiger partial charge in [0.15, 0.2) is 12.0 Å². The minimum atomic E-state index is -0.943. The number of aliphatic hydroxyl groups excluding tert-OH is 1. The zero-order chi connectivity index (χ0) is 17.8. The number of rotatable bonds is 4. The molecule has 25 heavy (non-hydrogen) atoms. The number of likely N-dealkylation sites (N-methyl/N-ethyl adjacent to an activating group) is 1. The first kappa shape index (κ1) is 16.6. The minimum absolute atomic E-state index is 0.0786. The summed E-state index contributed by atoms with van der Waals surface area (Å²) in [6.07, 6.45) is 3.83. The maximum atomic E-state index is 12.8. The van der Waals surface area contributed by atoms with Gasteiger partial charge in [-0.05, 0) is 43.9 Å². The molecule has 0 aromatic heterocycles. The zero-order valence-corrected chi connectivity index (χ0v) is 14.9. The molecule has 2 saturated carbocycles. The highest BCUT2D eigenvalue weighted by atomic mass is 16.3. The van der Waals surface area contributed by atoms with Crippen LogP contribution in [0.5, 0.6) is 0 Å². The second kappa shape index (κ2) is 5.84. The van der Waals surface area contributed by atoms with Crippen molar-refractivity contribution >= 4 is 11.8 Å². The van der Waals surface area contributed by atoms with Crippen molar-refractivity contribution in [1.29, 1.82) is 0 Å². The van der Waals surface area contributed by atoms with Crippen LogP contribution in [0.1, 0.15) is 43.0 Å². The first-order chi connectivity index (χ1) is 11.9. The summed E-state index contributed by atoms with van der Waals surface area (Å²) >= 11 is 0. The van der Waals surface area contributed by atoms with Gasteiger partial charge in [0, 0.05) is 12.6 Å². The lowest BCUT2D eigenvalue weighted by molar-refractivity contribution is -0.0503. The molecule has 4 unspecified atom stereocenters. The molecule has 5 nitrogen and oxygen atoms in total. The Morgan fingerprint density at radius 3 is 2.56 bits per heavy atom. The molecule has 5 atom stereocenters. The van der Waals surface area contributed by atoms with Crippen LogP contribution in [0.3, 0.4) is 0 Å². The van der Waals surface area contributed by atoms with Crippen molar-refractivity contribution in [2.45, 2.75) is 44.4 Å². The highest BCUT2D eigenvalue weighted by Gasteiger charge is 2.60. The third-order valence-corrected chi connectivity index (χ3v) is 6.97. The summed E-state index contributed by atoms with van der Waals surface area (Å²) in [7, 11) is 1.77. The lowest BCUT2D eigenvalue weighted by atomic mass is 9.73. The third kappa shape index (κ3) is 2.40. The summed E-state index contributed by atoms with van der Waals surface area (Å²) < 4.78 is 0. The summed E-state index contributed by atoms with van der Waals surface area (Å²) in [4.78, 5) is 28.4. The summed E-state index contributed by atoms with van der Waals surface area (Å²) in [5.41, 5.74) is -0.0490. The minimum Gasteiger partial charge on any atom is -0.371 e. The molecule has 1 aliphatic heterocycles. The van der Waals surface area contributed by atoms with Crippen LogP contribution < -0.4 is 0 Å². The molecule has 1 heterocycles. The van der Waals surface area contributed by atoms with E-state index < -0.39 is 11.8 Å². The number of carbonyl (C=O) groups is 2. The molecule has 2 aliphatic carbocycles. The van der Waals surface area contributed by atoms with Crippen LogP contribution in [0.25, 0.3) is 0 Å². The molecule has 2 amide bonds. The maximum Gasteiger partial charge on any atom is 0.322 e. The Bertz CT molecular complexity index is 691. The highest BCUT2D eigenvalue weighted by molar-refractivity contribution is 5.99. The van der Waals surface area contributed by atoms with E-state index in [4.69, 9.17) is 0 Å². The van der Waals surface area contributed by atoms with Crippen molar-refractivity contribution in [3.63, 3.8) is 0 Å². The van der Waals surface area contributed by atoms with Gasteiger partial charge in [-0.1, -0.05) is 36.8 Å². The van der Waals surface area contributed by atoms with E-state index in [1.54, 1.807) is 36.2 Å². The smallest absolute Gasteiger partial charge is 0.322 e. The molecule has 134 valence electrons. The van der Waals surface area contributed by atoms with E-state index in [1.165, 1.54) is 24.2 Å². The van der Waals surface area contributed by atoms with Gasteiger partial charge in [0.2, 0.25) is 0 Å². The van der Waals surface area contributed by atoms with Crippen molar-refractivity contribution < 1.29 is 14.7 Å². The van der Waals surface area contributed by atoms with Crippen molar-refractivity contribution in [2.75, 3.05) is 13.6 Å². The Labute approximate surface area is 148 Å². The fourth-order valence-corrected chi connectivity index (χ4v) is 5.42. The molecule has 0 radical (unpaired) electrons. The standard InChI is InChI=1S/C20H26N2O3/c1-20(16-11-13-8-9-15(16)10-13)18(24)22(19(25)21(20)2)12-17(23)14-6-4-3-5-7-14/h3-7,13,15-16,18,24H,8-12H2,1-2H3/t13?,15-,16?,18?,20?/m0/s1. The lowest BCUT2D eigenvalue weighted by Crippen LogP contribution is -2.55. The number of benzene rings is 1. The molecule has 2 bridgehead atoms. The van der Waals surface area contributed by atoms with Crippen molar-refractivity contribution in [3.8, 4) is 0 Å². The Hall–Kier alpha value is -1.88. The second-order valence-corrected chi connectivity index (χ2v) is 8.14. The molecule has 5 heteroatoms. The molecular formula is C20H26N2O3. The molecule has 1 aromatic rings. The van der Waals surface area contributed by atoms with Crippen molar-refractivity contribution in [2.24, 2.45) is 17.8 Å². The van der Waals surface area contributed by atoms with Crippen LogP contribution in [0.2, 0.25) is 0 Å². The average Bonchev–Trinajstić information content (AvgIpc) is 3.31. The largest absolute Gasteiger partial charge is 0.371 e. The number of amides is 2. The van der Waals surface area contributed by atoms with E-state index >= 15 is 0 Å². The molecule has 0 spiro atoms. The normalized spacial score (nSPS) is 37.2. The molecule has 1 N–H and O–H groups in total. The van der Waals surface area contributed by atoms with Crippen LogP contribution in [-0.4, -0.2) is 52.1 Å². The SMILES string of the molecule is CN1C(=O)N(CC(=O)c2ccccc2)C(O)C1(C)C1CC2CC[C@H]1C2. The number of fused-ring (bicyclic) bond motifs is 2. The zero-order valence-electron chi connectivity index (χ0n) is 14.9. The van der Waals surface area contributed by atoms with E-state index in [2.05, 4.69) is 0 Å². The van der Waals surface area contributed by atoms with Gasteiger partial charge in [0.1, 0.15) is 0 Å². The molecule has 1 aromatic carbocycles. The van der Waals surface area contributed by atoms with Gasteiger partial charge in [-0.15, -0.1) is 0 Å². The summed E-state index contributed by atoms with van der Waals surface area (Å²) in [6.45, 7) is 1.92. The monoisotopic (exact) mass is 342 g/mol. The third-order valence-electron chi connectivity index (χ3n) is 6.97. The Morgan fingerprint density at radius 1 is 1.24 bits per heavy atom. The van der Waals surface area contributed by atoms with E-state index in [1.807, 2.05) is 13.0 Å². The fourth-order valence-electron chi connectivity index (χ4n) is 5.42. The number of urea groups is 1. The summed E-state index contributed by atoms with van der Waals surface area (Å²) in [5.74, 6) is 1.50. The first-order valence-corrected chi connectivity index (χ1v) is 9.23. The van der Waals surface area contributed by atoms with Crippen LogP contribution >= 0.6 is 0 Å². The maximum absolute atomic E-state index is 12.8. The quantitative estimate of drug-likeness (QED) is 0.856. The molecule has 1 saturated heterocycles. The predicted octanol–water partition coefficient (Wildman–Crippen LogP) is 2.75. The fraction of sp³-hybridized carbons (Fsp3) is 0.600. The first-order valence-electron chi connectivity index (χ1n) is 9.23. The number of carbonyl (C=O) groups excluding carboxylic acids is 2. The lowest BCUT2D eigenvalue weighted by Gasteiger charge is -2.43. The number of hydrogen-bond acceptors (Lipinski definition) is 3. The van der Waals surface area contributed by atoms with Crippen LogP contribution in [-0.2, 0) is 0 Å². The van der Waals surface area contributed by atoms with Gasteiger partial charge in [0.25, 0.3) is 0 Å². The van der Waals surface area contributed by atoms with E-state index in [0.29, 0.717) is 17.4 Å². The predicted molar refractivity (Wildman–Crippen MR) is 94.0 cm³/mol.